The smallest absolute Gasteiger partial charge is 0.273 e. The van der Waals surface area contributed by atoms with Gasteiger partial charge in [-0.1, -0.05) is 24.3 Å². The fourth-order valence-corrected chi connectivity index (χ4v) is 1.71. The lowest BCUT2D eigenvalue weighted by atomic mass is 10.1. The number of nitrogens with zero attached hydrogens (tertiary/aromatic N) is 2. The minimum absolute atomic E-state index is 0.0645. The number of hydrogen-bond donors (Lipinski definition) is 1. The van der Waals surface area contributed by atoms with E-state index >= 15 is 0 Å². The van der Waals surface area contributed by atoms with Crippen molar-refractivity contribution in [3.8, 4) is 0 Å². The van der Waals surface area contributed by atoms with Gasteiger partial charge in [0.1, 0.15) is 0 Å². The summed E-state index contributed by atoms with van der Waals surface area (Å²) in [5, 5.41) is 19.7. The molecule has 0 aromatic heterocycles. The molecule has 0 saturated heterocycles. The number of hydrogen-bond acceptors (Lipinski definition) is 4. The highest BCUT2D eigenvalue weighted by Crippen LogP contribution is 2.18. The van der Waals surface area contributed by atoms with E-state index in [1.807, 2.05) is 0 Å². The Bertz CT molecular complexity index is 473. The van der Waals surface area contributed by atoms with E-state index in [4.69, 9.17) is 5.11 Å². The summed E-state index contributed by atoms with van der Waals surface area (Å²) in [6.45, 7) is 3.87. The maximum Gasteiger partial charge on any atom is 0.273 e. The SMILES string of the molecule is C=CCN(CCO)C(=O)Cc1ccccc1[N+](=O)[O-]. The van der Waals surface area contributed by atoms with Crippen LogP contribution in [0.2, 0.25) is 0 Å². The van der Waals surface area contributed by atoms with Gasteiger partial charge in [-0.25, -0.2) is 0 Å². The highest BCUT2D eigenvalue weighted by Gasteiger charge is 2.18. The fraction of sp³-hybridized carbons (Fsp3) is 0.308. The van der Waals surface area contributed by atoms with Crippen molar-refractivity contribution in [2.24, 2.45) is 0 Å². The first-order valence-electron chi connectivity index (χ1n) is 5.82. The van der Waals surface area contributed by atoms with E-state index in [2.05, 4.69) is 6.58 Å². The maximum absolute atomic E-state index is 12.0. The van der Waals surface area contributed by atoms with E-state index in [1.165, 1.54) is 11.0 Å². The molecule has 0 unspecified atom stereocenters. The van der Waals surface area contributed by atoms with Crippen LogP contribution in [0.25, 0.3) is 0 Å². The Hall–Kier alpha value is -2.21. The molecule has 0 saturated carbocycles. The monoisotopic (exact) mass is 264 g/mol. The van der Waals surface area contributed by atoms with Crippen LogP contribution in [-0.2, 0) is 11.2 Å². The molecule has 102 valence electrons. The third kappa shape index (κ3) is 4.18. The zero-order chi connectivity index (χ0) is 14.3. The summed E-state index contributed by atoms with van der Waals surface area (Å²) >= 11 is 0. The second-order valence-electron chi connectivity index (χ2n) is 3.91. The zero-order valence-corrected chi connectivity index (χ0v) is 10.5. The lowest BCUT2D eigenvalue weighted by Gasteiger charge is -2.19. The van der Waals surface area contributed by atoms with Crippen LogP contribution in [0.4, 0.5) is 5.69 Å². The molecular weight excluding hydrogens is 248 g/mol. The molecule has 0 aliphatic rings. The number of para-hydroxylation sites is 1. The zero-order valence-electron chi connectivity index (χ0n) is 10.5. The topological polar surface area (TPSA) is 83.7 Å². The number of carbonyl (C=O) groups excluding carboxylic acids is 1. The molecule has 0 fully saturated rings. The molecule has 0 heterocycles. The van der Waals surface area contributed by atoms with E-state index in [9.17, 15) is 14.9 Å². The predicted octanol–water partition coefficient (Wildman–Crippen LogP) is 1.14. The summed E-state index contributed by atoms with van der Waals surface area (Å²) < 4.78 is 0. The minimum Gasteiger partial charge on any atom is -0.395 e. The van der Waals surface area contributed by atoms with Crippen molar-refractivity contribution in [1.29, 1.82) is 0 Å². The second-order valence-corrected chi connectivity index (χ2v) is 3.91. The van der Waals surface area contributed by atoms with Crippen LogP contribution < -0.4 is 0 Å². The molecule has 1 rings (SSSR count). The standard InChI is InChI=1S/C13H16N2O4/c1-2-7-14(8-9-16)13(17)10-11-5-3-4-6-12(11)15(18)19/h2-6,16H,1,7-10H2. The van der Waals surface area contributed by atoms with Crippen LogP contribution in [0, 0.1) is 10.1 Å². The van der Waals surface area contributed by atoms with Crippen molar-refractivity contribution in [2.45, 2.75) is 6.42 Å². The number of aliphatic hydroxyl groups excluding tert-OH is 1. The van der Waals surface area contributed by atoms with Crippen molar-refractivity contribution in [3.05, 3.63) is 52.6 Å². The van der Waals surface area contributed by atoms with Crippen molar-refractivity contribution < 1.29 is 14.8 Å². The van der Waals surface area contributed by atoms with Crippen molar-refractivity contribution in [3.63, 3.8) is 0 Å². The molecule has 0 aliphatic carbocycles. The van der Waals surface area contributed by atoms with Crippen LogP contribution in [0.5, 0.6) is 0 Å². The Kier molecular flexibility index (Phi) is 5.69. The summed E-state index contributed by atoms with van der Waals surface area (Å²) in [6, 6.07) is 6.13. The molecule has 19 heavy (non-hydrogen) atoms. The highest BCUT2D eigenvalue weighted by molar-refractivity contribution is 5.80. The molecule has 0 bridgehead atoms. The number of nitro groups is 1. The minimum atomic E-state index is -0.507. The Labute approximate surface area is 111 Å². The van der Waals surface area contributed by atoms with Gasteiger partial charge in [0.25, 0.3) is 5.69 Å². The number of amides is 1. The molecule has 1 N–H and O–H groups in total. The van der Waals surface area contributed by atoms with Gasteiger partial charge in [0, 0.05) is 24.7 Å². The van der Waals surface area contributed by atoms with Crippen LogP contribution in [-0.4, -0.2) is 40.5 Å². The summed E-state index contributed by atoms with van der Waals surface area (Å²) in [4.78, 5) is 23.8. The maximum atomic E-state index is 12.0. The van der Waals surface area contributed by atoms with Gasteiger partial charge in [0.2, 0.25) is 5.91 Å². The van der Waals surface area contributed by atoms with E-state index < -0.39 is 4.92 Å². The molecular formula is C13H16N2O4. The Morgan fingerprint density at radius 2 is 2.16 bits per heavy atom. The first-order chi connectivity index (χ1) is 9.10. The van der Waals surface area contributed by atoms with Crippen LogP contribution in [0.15, 0.2) is 36.9 Å². The second kappa shape index (κ2) is 7.27. The van der Waals surface area contributed by atoms with Crippen LogP contribution in [0.3, 0.4) is 0 Å². The number of carbonyl (C=O) groups is 1. The summed E-state index contributed by atoms with van der Waals surface area (Å²) in [6.07, 6.45) is 1.48. The largest absolute Gasteiger partial charge is 0.395 e. The molecule has 0 aliphatic heterocycles. The van der Waals surface area contributed by atoms with E-state index in [-0.39, 0.29) is 31.2 Å². The van der Waals surface area contributed by atoms with Gasteiger partial charge in [-0.2, -0.15) is 0 Å². The van der Waals surface area contributed by atoms with Crippen molar-refractivity contribution in [2.75, 3.05) is 19.7 Å². The predicted molar refractivity (Wildman–Crippen MR) is 70.7 cm³/mol. The lowest BCUT2D eigenvalue weighted by molar-refractivity contribution is -0.385. The molecule has 1 aromatic rings. The Morgan fingerprint density at radius 3 is 2.74 bits per heavy atom. The first kappa shape index (κ1) is 14.8. The normalized spacial score (nSPS) is 9.95. The lowest BCUT2D eigenvalue weighted by Crippen LogP contribution is -2.34. The molecule has 6 nitrogen and oxygen atoms in total. The molecule has 0 spiro atoms. The van der Waals surface area contributed by atoms with Gasteiger partial charge in [0.05, 0.1) is 18.0 Å². The average molecular weight is 264 g/mol. The van der Waals surface area contributed by atoms with Crippen LogP contribution >= 0.6 is 0 Å². The molecule has 0 atom stereocenters. The number of aliphatic hydroxyl groups is 1. The van der Waals surface area contributed by atoms with Crippen LogP contribution in [0.1, 0.15) is 5.56 Å². The van der Waals surface area contributed by atoms with Gasteiger partial charge in [-0.05, 0) is 0 Å². The van der Waals surface area contributed by atoms with E-state index in [0.717, 1.165) is 0 Å². The quantitative estimate of drug-likeness (QED) is 0.455. The number of benzene rings is 1. The van der Waals surface area contributed by atoms with Gasteiger partial charge in [-0.3, -0.25) is 14.9 Å². The van der Waals surface area contributed by atoms with E-state index in [0.29, 0.717) is 12.1 Å². The Balaban J connectivity index is 2.85. The van der Waals surface area contributed by atoms with Crippen molar-refractivity contribution >= 4 is 11.6 Å². The summed E-state index contributed by atoms with van der Waals surface area (Å²) in [5.74, 6) is -0.275. The van der Waals surface area contributed by atoms with Gasteiger partial charge in [0.15, 0.2) is 0 Å². The summed E-state index contributed by atoms with van der Waals surface area (Å²) in [7, 11) is 0. The Morgan fingerprint density at radius 1 is 1.47 bits per heavy atom. The fourth-order valence-electron chi connectivity index (χ4n) is 1.71. The van der Waals surface area contributed by atoms with Crippen molar-refractivity contribution in [1.82, 2.24) is 4.90 Å². The van der Waals surface area contributed by atoms with Gasteiger partial charge in [-0.15, -0.1) is 6.58 Å². The van der Waals surface area contributed by atoms with Gasteiger partial charge >= 0.3 is 0 Å². The molecule has 6 heteroatoms. The molecule has 1 aromatic carbocycles. The summed E-state index contributed by atoms with van der Waals surface area (Å²) in [5.41, 5.74) is 0.294. The third-order valence-electron chi connectivity index (χ3n) is 2.60. The van der Waals surface area contributed by atoms with Gasteiger partial charge < -0.3 is 10.0 Å². The number of nitro benzene ring substituents is 1. The molecule has 0 radical (unpaired) electrons. The highest BCUT2D eigenvalue weighted by atomic mass is 16.6. The molecule has 1 amide bonds. The number of rotatable bonds is 7. The third-order valence-corrected chi connectivity index (χ3v) is 2.60. The first-order valence-corrected chi connectivity index (χ1v) is 5.82. The average Bonchev–Trinajstić information content (AvgIpc) is 2.38. The van der Waals surface area contributed by atoms with E-state index in [1.54, 1.807) is 24.3 Å².